The molecule has 0 radical (unpaired) electrons. The third-order valence-electron chi connectivity index (χ3n) is 2.44. The molecule has 2 rings (SSSR count). The van der Waals surface area contributed by atoms with Gasteiger partial charge in [0.2, 0.25) is 0 Å². The van der Waals surface area contributed by atoms with Gasteiger partial charge in [-0.25, -0.2) is 14.3 Å². The predicted molar refractivity (Wildman–Crippen MR) is 54.3 cm³/mol. The molecule has 8 heteroatoms. The standard InChI is InChI=1S/C10H8F3N3O2/c1-2-5-4-14-16-6(9(17)18)3-7(10(11,12)13)15-8(5)16/h3-4H,2H2,1H3,(H,17,18). The van der Waals surface area contributed by atoms with E-state index in [1.54, 1.807) is 6.92 Å². The van der Waals surface area contributed by atoms with Crippen molar-refractivity contribution >= 4 is 11.6 Å². The maximum atomic E-state index is 12.6. The molecule has 0 saturated carbocycles. The molecule has 96 valence electrons. The summed E-state index contributed by atoms with van der Waals surface area (Å²) in [6.07, 6.45) is -2.97. The van der Waals surface area contributed by atoms with Crippen molar-refractivity contribution in [3.63, 3.8) is 0 Å². The fraction of sp³-hybridized carbons (Fsp3) is 0.300. The topological polar surface area (TPSA) is 67.5 Å². The van der Waals surface area contributed by atoms with Gasteiger partial charge in [0.15, 0.2) is 11.3 Å². The number of rotatable bonds is 2. The second kappa shape index (κ2) is 3.97. The normalized spacial score (nSPS) is 12.0. The van der Waals surface area contributed by atoms with E-state index in [1.165, 1.54) is 6.20 Å². The average Bonchev–Trinajstić information content (AvgIpc) is 2.68. The number of nitrogens with zero attached hydrogens (tertiary/aromatic N) is 3. The van der Waals surface area contributed by atoms with Gasteiger partial charge in [0, 0.05) is 11.6 Å². The van der Waals surface area contributed by atoms with Crippen molar-refractivity contribution in [1.29, 1.82) is 0 Å². The van der Waals surface area contributed by atoms with Gasteiger partial charge in [-0.2, -0.15) is 18.3 Å². The van der Waals surface area contributed by atoms with Crippen molar-refractivity contribution in [2.45, 2.75) is 19.5 Å². The van der Waals surface area contributed by atoms with Crippen molar-refractivity contribution in [3.05, 3.63) is 29.2 Å². The lowest BCUT2D eigenvalue weighted by Gasteiger charge is -2.08. The summed E-state index contributed by atoms with van der Waals surface area (Å²) in [6, 6.07) is 0.474. The number of aromatic nitrogens is 3. The highest BCUT2D eigenvalue weighted by molar-refractivity contribution is 5.86. The van der Waals surface area contributed by atoms with Gasteiger partial charge >= 0.3 is 12.1 Å². The molecule has 0 bridgehead atoms. The zero-order valence-electron chi connectivity index (χ0n) is 9.19. The quantitative estimate of drug-likeness (QED) is 0.895. The van der Waals surface area contributed by atoms with Gasteiger partial charge in [0.05, 0.1) is 6.20 Å². The molecule has 5 nitrogen and oxygen atoms in total. The molecule has 2 heterocycles. The Balaban J connectivity index is 2.81. The van der Waals surface area contributed by atoms with Gasteiger partial charge in [-0.15, -0.1) is 0 Å². The second-order valence-corrected chi connectivity index (χ2v) is 3.59. The van der Waals surface area contributed by atoms with Gasteiger partial charge in [0.25, 0.3) is 0 Å². The second-order valence-electron chi connectivity index (χ2n) is 3.59. The summed E-state index contributed by atoms with van der Waals surface area (Å²) in [6.45, 7) is 1.72. The van der Waals surface area contributed by atoms with E-state index in [0.717, 1.165) is 4.52 Å². The minimum Gasteiger partial charge on any atom is -0.477 e. The zero-order chi connectivity index (χ0) is 13.5. The van der Waals surface area contributed by atoms with E-state index in [4.69, 9.17) is 5.11 Å². The molecule has 0 aromatic carbocycles. The van der Waals surface area contributed by atoms with E-state index in [1.807, 2.05) is 0 Å². The lowest BCUT2D eigenvalue weighted by atomic mass is 10.2. The maximum absolute atomic E-state index is 12.6. The number of carboxylic acids is 1. The monoisotopic (exact) mass is 259 g/mol. The zero-order valence-corrected chi connectivity index (χ0v) is 9.19. The van der Waals surface area contributed by atoms with E-state index >= 15 is 0 Å². The summed E-state index contributed by atoms with van der Waals surface area (Å²) in [7, 11) is 0. The van der Waals surface area contributed by atoms with Crippen LogP contribution in [0.3, 0.4) is 0 Å². The van der Waals surface area contributed by atoms with Crippen LogP contribution in [0.2, 0.25) is 0 Å². The summed E-state index contributed by atoms with van der Waals surface area (Å²) >= 11 is 0. The van der Waals surface area contributed by atoms with Gasteiger partial charge < -0.3 is 5.11 Å². The molecular weight excluding hydrogens is 251 g/mol. The van der Waals surface area contributed by atoms with Crippen molar-refractivity contribution in [1.82, 2.24) is 14.6 Å². The number of carbonyl (C=O) groups is 1. The molecule has 0 spiro atoms. The first kappa shape index (κ1) is 12.3. The number of hydrogen-bond acceptors (Lipinski definition) is 3. The molecule has 0 aliphatic carbocycles. The van der Waals surface area contributed by atoms with E-state index < -0.39 is 23.5 Å². The predicted octanol–water partition coefficient (Wildman–Crippen LogP) is 2.01. The molecule has 2 aromatic rings. The Bertz CT molecular complexity index is 619. The van der Waals surface area contributed by atoms with Crippen LogP contribution in [-0.2, 0) is 12.6 Å². The molecule has 0 atom stereocenters. The highest BCUT2D eigenvalue weighted by Crippen LogP contribution is 2.29. The summed E-state index contributed by atoms with van der Waals surface area (Å²) in [5.41, 5.74) is -1.41. The number of aryl methyl sites for hydroxylation is 1. The van der Waals surface area contributed by atoms with Crippen LogP contribution in [0.5, 0.6) is 0 Å². The van der Waals surface area contributed by atoms with E-state index in [9.17, 15) is 18.0 Å². The van der Waals surface area contributed by atoms with Crippen molar-refractivity contribution in [2.75, 3.05) is 0 Å². The fourth-order valence-corrected chi connectivity index (χ4v) is 1.56. The lowest BCUT2D eigenvalue weighted by Crippen LogP contribution is -2.15. The summed E-state index contributed by atoms with van der Waals surface area (Å²) in [5, 5.41) is 12.6. The minimum absolute atomic E-state index is 0.0790. The van der Waals surface area contributed by atoms with Gasteiger partial charge in [-0.05, 0) is 6.42 Å². The number of carboxylic acid groups (broad SMARTS) is 1. The third kappa shape index (κ3) is 1.89. The van der Waals surface area contributed by atoms with Crippen molar-refractivity contribution < 1.29 is 23.1 Å². The van der Waals surface area contributed by atoms with Gasteiger partial charge in [-0.1, -0.05) is 6.92 Å². The number of alkyl halides is 3. The summed E-state index contributed by atoms with van der Waals surface area (Å²) in [4.78, 5) is 14.4. The number of aromatic carboxylic acids is 1. The molecule has 0 aliphatic heterocycles. The molecule has 2 aromatic heterocycles. The SMILES string of the molecule is CCc1cnn2c(C(=O)O)cc(C(F)(F)F)nc12. The first-order valence-corrected chi connectivity index (χ1v) is 5.02. The summed E-state index contributed by atoms with van der Waals surface area (Å²) in [5.74, 6) is -1.49. The molecule has 1 N–H and O–H groups in total. The highest BCUT2D eigenvalue weighted by atomic mass is 19.4. The van der Waals surface area contributed by atoms with E-state index in [-0.39, 0.29) is 5.65 Å². The molecular formula is C10H8F3N3O2. The smallest absolute Gasteiger partial charge is 0.433 e. The third-order valence-corrected chi connectivity index (χ3v) is 2.44. The first-order valence-electron chi connectivity index (χ1n) is 5.02. The van der Waals surface area contributed by atoms with Crippen LogP contribution in [0.15, 0.2) is 12.3 Å². The molecule has 0 saturated heterocycles. The highest BCUT2D eigenvalue weighted by Gasteiger charge is 2.34. The van der Waals surface area contributed by atoms with Gasteiger partial charge in [-0.3, -0.25) is 0 Å². The van der Waals surface area contributed by atoms with Crippen LogP contribution in [0, 0.1) is 0 Å². The van der Waals surface area contributed by atoms with Crippen molar-refractivity contribution in [3.8, 4) is 0 Å². The number of halogens is 3. The Morgan fingerprint density at radius 2 is 2.17 bits per heavy atom. The maximum Gasteiger partial charge on any atom is 0.433 e. The van der Waals surface area contributed by atoms with Crippen LogP contribution >= 0.6 is 0 Å². The molecule has 0 aliphatic rings. The molecule has 18 heavy (non-hydrogen) atoms. The first-order chi connectivity index (χ1) is 8.34. The van der Waals surface area contributed by atoms with E-state index in [2.05, 4.69) is 10.1 Å². The average molecular weight is 259 g/mol. The minimum atomic E-state index is -4.69. The number of hydrogen-bond donors (Lipinski definition) is 1. The van der Waals surface area contributed by atoms with Crippen molar-refractivity contribution in [2.24, 2.45) is 0 Å². The fourth-order valence-electron chi connectivity index (χ4n) is 1.56. The van der Waals surface area contributed by atoms with Crippen LogP contribution in [0.1, 0.15) is 28.7 Å². The van der Waals surface area contributed by atoms with Crippen LogP contribution < -0.4 is 0 Å². The Kier molecular flexibility index (Phi) is 2.72. The number of fused-ring (bicyclic) bond motifs is 1. The van der Waals surface area contributed by atoms with Crippen LogP contribution in [0.25, 0.3) is 5.65 Å². The molecule has 0 unspecified atom stereocenters. The summed E-state index contributed by atoms with van der Waals surface area (Å²) < 4.78 is 38.7. The van der Waals surface area contributed by atoms with Crippen LogP contribution in [0.4, 0.5) is 13.2 Å². The largest absolute Gasteiger partial charge is 0.477 e. The Morgan fingerprint density at radius 3 is 2.67 bits per heavy atom. The Morgan fingerprint density at radius 1 is 1.50 bits per heavy atom. The van der Waals surface area contributed by atoms with Crippen LogP contribution in [-0.4, -0.2) is 25.7 Å². The lowest BCUT2D eigenvalue weighted by molar-refractivity contribution is -0.141. The Hall–Kier alpha value is -2.12. The molecule has 0 fully saturated rings. The van der Waals surface area contributed by atoms with E-state index in [0.29, 0.717) is 18.1 Å². The Labute approximate surface area is 98.9 Å². The molecule has 0 amide bonds. The van der Waals surface area contributed by atoms with Gasteiger partial charge in [0.1, 0.15) is 5.69 Å².